The molecule has 3 aromatic rings. The summed E-state index contributed by atoms with van der Waals surface area (Å²) < 4.78 is 46.2. The molecule has 6 nitrogen and oxygen atoms in total. The molecule has 0 saturated heterocycles. The van der Waals surface area contributed by atoms with Crippen molar-refractivity contribution in [2.75, 3.05) is 13.2 Å². The Labute approximate surface area is 213 Å². The number of alkyl halides is 3. The van der Waals surface area contributed by atoms with Crippen LogP contribution in [-0.2, 0) is 22.2 Å². The van der Waals surface area contributed by atoms with Gasteiger partial charge in [0, 0.05) is 29.5 Å². The van der Waals surface area contributed by atoms with E-state index < -0.39 is 42.2 Å². The van der Waals surface area contributed by atoms with E-state index in [1.807, 2.05) is 0 Å². The van der Waals surface area contributed by atoms with E-state index in [2.05, 4.69) is 4.98 Å². The number of rotatable bonds is 6. The molecule has 1 unspecified atom stereocenters. The standard InChI is InChI=1S/C25H20ClF3N2O4S/c26-13-5-6-20(35-11-21(32)33)17(9-13)22-23-19(30-12-36-23)7-8-31(22)24(34)16-10-15(16)14-3-1-2-4-18(14)25(27,28)29/h1-6,9,12,15-16,22H,7-8,10-11H2,(H,32,33)/t15-,16+,22?/m1/s1. The molecular formula is C25H20ClF3N2O4S. The van der Waals surface area contributed by atoms with Crippen molar-refractivity contribution < 1.29 is 32.6 Å². The fourth-order valence-corrected chi connectivity index (χ4v) is 5.99. The highest BCUT2D eigenvalue weighted by Crippen LogP contribution is 2.53. The van der Waals surface area contributed by atoms with E-state index in [-0.39, 0.29) is 17.2 Å². The molecule has 3 atom stereocenters. The van der Waals surface area contributed by atoms with Crippen molar-refractivity contribution in [1.82, 2.24) is 9.88 Å². The zero-order valence-corrected chi connectivity index (χ0v) is 20.2. The zero-order chi connectivity index (χ0) is 25.6. The van der Waals surface area contributed by atoms with E-state index in [1.165, 1.54) is 23.5 Å². The molecule has 36 heavy (non-hydrogen) atoms. The second-order valence-corrected chi connectivity index (χ2v) is 10.1. The van der Waals surface area contributed by atoms with Crippen LogP contribution in [-0.4, -0.2) is 40.0 Å². The van der Waals surface area contributed by atoms with Gasteiger partial charge in [-0.25, -0.2) is 9.78 Å². The summed E-state index contributed by atoms with van der Waals surface area (Å²) in [5.41, 5.74) is 2.41. The first kappa shape index (κ1) is 24.6. The second kappa shape index (κ2) is 9.40. The Hall–Kier alpha value is -3.11. The molecule has 1 aromatic heterocycles. The van der Waals surface area contributed by atoms with E-state index in [1.54, 1.807) is 34.7 Å². The number of aliphatic carboxylic acids is 1. The average Bonchev–Trinajstić information content (AvgIpc) is 3.49. The molecule has 11 heteroatoms. The Morgan fingerprint density at radius 1 is 1.19 bits per heavy atom. The van der Waals surface area contributed by atoms with Crippen LogP contribution in [0.2, 0.25) is 5.02 Å². The van der Waals surface area contributed by atoms with Crippen LogP contribution in [0.4, 0.5) is 13.2 Å². The summed E-state index contributed by atoms with van der Waals surface area (Å²) in [6.45, 7) is -0.265. The molecule has 1 amide bonds. The van der Waals surface area contributed by atoms with Crippen molar-refractivity contribution in [2.24, 2.45) is 5.92 Å². The number of hydrogen-bond donors (Lipinski definition) is 1. The van der Waals surface area contributed by atoms with Gasteiger partial charge in [-0.1, -0.05) is 29.8 Å². The Morgan fingerprint density at radius 3 is 2.72 bits per heavy atom. The summed E-state index contributed by atoms with van der Waals surface area (Å²) in [5, 5.41) is 9.47. The highest BCUT2D eigenvalue weighted by molar-refractivity contribution is 7.09. The zero-order valence-electron chi connectivity index (χ0n) is 18.7. The normalized spacial score (nSPS) is 21.1. The molecule has 0 radical (unpaired) electrons. The summed E-state index contributed by atoms with van der Waals surface area (Å²) in [7, 11) is 0. The second-order valence-electron chi connectivity index (χ2n) is 8.75. The van der Waals surface area contributed by atoms with Crippen molar-refractivity contribution in [2.45, 2.75) is 31.0 Å². The third-order valence-corrected chi connectivity index (χ3v) is 7.65. The Bertz CT molecular complexity index is 1330. The minimum Gasteiger partial charge on any atom is -0.482 e. The lowest BCUT2D eigenvalue weighted by molar-refractivity contribution is -0.139. The molecule has 1 saturated carbocycles. The van der Waals surface area contributed by atoms with Gasteiger partial charge in [-0.05, 0) is 42.2 Å². The van der Waals surface area contributed by atoms with Crippen LogP contribution in [0, 0.1) is 5.92 Å². The predicted octanol–water partition coefficient (Wildman–Crippen LogP) is 5.56. The maximum absolute atomic E-state index is 13.7. The minimum atomic E-state index is -4.50. The van der Waals surface area contributed by atoms with Crippen molar-refractivity contribution in [3.8, 4) is 5.75 Å². The molecule has 2 aromatic carbocycles. The first-order chi connectivity index (χ1) is 17.1. The Morgan fingerprint density at radius 2 is 1.97 bits per heavy atom. The number of fused-ring (bicyclic) bond motifs is 1. The number of carbonyl (C=O) groups is 2. The van der Waals surface area contributed by atoms with Gasteiger partial charge in [-0.2, -0.15) is 13.2 Å². The summed E-state index contributed by atoms with van der Waals surface area (Å²) >= 11 is 7.63. The van der Waals surface area contributed by atoms with E-state index in [9.17, 15) is 22.8 Å². The fraction of sp³-hybridized carbons (Fsp3) is 0.320. The first-order valence-electron chi connectivity index (χ1n) is 11.2. The largest absolute Gasteiger partial charge is 0.482 e. The molecule has 1 N–H and O–H groups in total. The number of thiazole rings is 1. The van der Waals surface area contributed by atoms with Crippen molar-refractivity contribution >= 4 is 34.8 Å². The van der Waals surface area contributed by atoms with Gasteiger partial charge in [-0.15, -0.1) is 11.3 Å². The Balaban J connectivity index is 1.49. The maximum Gasteiger partial charge on any atom is 0.416 e. The molecule has 188 valence electrons. The highest BCUT2D eigenvalue weighted by Gasteiger charge is 2.51. The lowest BCUT2D eigenvalue weighted by Gasteiger charge is -2.36. The van der Waals surface area contributed by atoms with Gasteiger partial charge in [0.05, 0.1) is 27.7 Å². The van der Waals surface area contributed by atoms with E-state index >= 15 is 0 Å². The quantitative estimate of drug-likeness (QED) is 0.446. The predicted molar refractivity (Wildman–Crippen MR) is 126 cm³/mol. The number of hydrogen-bond acceptors (Lipinski definition) is 5. The van der Waals surface area contributed by atoms with Gasteiger partial charge in [0.25, 0.3) is 0 Å². The number of benzene rings is 2. The van der Waals surface area contributed by atoms with Gasteiger partial charge in [-0.3, -0.25) is 4.79 Å². The number of halogens is 4. The number of ether oxygens (including phenoxy) is 1. The number of carboxylic acids is 1. The van der Waals surface area contributed by atoms with Crippen molar-refractivity contribution in [3.05, 3.63) is 80.3 Å². The lowest BCUT2D eigenvalue weighted by Crippen LogP contribution is -2.41. The van der Waals surface area contributed by atoms with Crippen LogP contribution in [0.5, 0.6) is 5.75 Å². The van der Waals surface area contributed by atoms with Crippen LogP contribution >= 0.6 is 22.9 Å². The SMILES string of the molecule is O=C(O)COc1ccc(Cl)cc1C1c2scnc2CCN1C(=O)[C@H]1C[C@@H]1c1ccccc1C(F)(F)F. The molecule has 1 fully saturated rings. The monoisotopic (exact) mass is 536 g/mol. The van der Waals surface area contributed by atoms with E-state index in [0.29, 0.717) is 30.0 Å². The van der Waals surface area contributed by atoms with Crippen LogP contribution in [0.1, 0.15) is 45.6 Å². The van der Waals surface area contributed by atoms with Crippen molar-refractivity contribution in [3.63, 3.8) is 0 Å². The average molecular weight is 537 g/mol. The summed E-state index contributed by atoms with van der Waals surface area (Å²) in [6, 6.07) is 9.47. The number of aromatic nitrogens is 1. The first-order valence-corrected chi connectivity index (χ1v) is 12.4. The van der Waals surface area contributed by atoms with Gasteiger partial charge in [0.2, 0.25) is 5.91 Å². The van der Waals surface area contributed by atoms with Gasteiger partial charge in [0.1, 0.15) is 5.75 Å². The molecule has 2 aliphatic rings. The summed E-state index contributed by atoms with van der Waals surface area (Å²) in [4.78, 5) is 31.7. The lowest BCUT2D eigenvalue weighted by atomic mass is 9.95. The van der Waals surface area contributed by atoms with E-state index in [0.717, 1.165) is 16.6 Å². The van der Waals surface area contributed by atoms with Crippen LogP contribution in [0.3, 0.4) is 0 Å². The molecule has 0 spiro atoms. The fourth-order valence-electron chi connectivity index (χ4n) is 4.84. The maximum atomic E-state index is 13.7. The van der Waals surface area contributed by atoms with Gasteiger partial charge in [0.15, 0.2) is 6.61 Å². The van der Waals surface area contributed by atoms with Crippen LogP contribution in [0.15, 0.2) is 48.0 Å². The molecule has 1 aliphatic carbocycles. The number of carboxylic acid groups (broad SMARTS) is 1. The van der Waals surface area contributed by atoms with Crippen LogP contribution in [0.25, 0.3) is 0 Å². The van der Waals surface area contributed by atoms with Gasteiger partial charge >= 0.3 is 12.1 Å². The Kier molecular flexibility index (Phi) is 6.42. The summed E-state index contributed by atoms with van der Waals surface area (Å²) in [6.07, 6.45) is -3.68. The van der Waals surface area contributed by atoms with Crippen LogP contribution < -0.4 is 4.74 Å². The topological polar surface area (TPSA) is 79.7 Å². The van der Waals surface area contributed by atoms with Crippen molar-refractivity contribution in [1.29, 1.82) is 0 Å². The van der Waals surface area contributed by atoms with Gasteiger partial charge < -0.3 is 14.7 Å². The third kappa shape index (κ3) is 4.67. The third-order valence-electron chi connectivity index (χ3n) is 6.50. The summed E-state index contributed by atoms with van der Waals surface area (Å²) in [5.74, 6) is -2.27. The molecule has 1 aliphatic heterocycles. The number of amides is 1. The van der Waals surface area contributed by atoms with E-state index in [4.69, 9.17) is 21.4 Å². The molecular weight excluding hydrogens is 517 g/mol. The molecule has 0 bridgehead atoms. The number of nitrogens with zero attached hydrogens (tertiary/aromatic N) is 2. The highest BCUT2D eigenvalue weighted by atomic mass is 35.5. The molecule has 5 rings (SSSR count). The smallest absolute Gasteiger partial charge is 0.416 e. The minimum absolute atomic E-state index is 0.128. The molecule has 2 heterocycles. The number of carbonyl (C=O) groups excluding carboxylic acids is 1.